The van der Waals surface area contributed by atoms with E-state index in [1.165, 1.54) is 10.6 Å². The van der Waals surface area contributed by atoms with E-state index >= 15 is 0 Å². The number of H-pyrrole nitrogens is 1. The van der Waals surface area contributed by atoms with Crippen molar-refractivity contribution in [3.63, 3.8) is 0 Å². The van der Waals surface area contributed by atoms with Crippen LogP contribution in [0.1, 0.15) is 23.1 Å². The second kappa shape index (κ2) is 7.15. The molecule has 5 aromatic rings. The van der Waals surface area contributed by atoms with E-state index in [1.807, 2.05) is 4.90 Å². The van der Waals surface area contributed by atoms with Gasteiger partial charge in [-0.15, -0.1) is 5.10 Å². The number of aromatic amines is 1. The minimum absolute atomic E-state index is 0.287. The van der Waals surface area contributed by atoms with Crippen molar-refractivity contribution in [1.82, 2.24) is 34.8 Å². The van der Waals surface area contributed by atoms with Gasteiger partial charge >= 0.3 is 6.01 Å². The van der Waals surface area contributed by atoms with Crippen molar-refractivity contribution in [3.05, 3.63) is 72.0 Å². The molecular formula is C21H17FN8O2. The fraction of sp³-hybridized carbons (Fsp3) is 0.190. The van der Waals surface area contributed by atoms with Gasteiger partial charge in [-0.1, -0.05) is 5.10 Å². The quantitative estimate of drug-likeness (QED) is 0.462. The van der Waals surface area contributed by atoms with Crippen LogP contribution in [0.4, 0.5) is 10.4 Å². The second-order valence-corrected chi connectivity index (χ2v) is 7.34. The zero-order valence-corrected chi connectivity index (χ0v) is 16.9. The summed E-state index contributed by atoms with van der Waals surface area (Å²) >= 11 is 0. The number of rotatable bonds is 4. The molecule has 0 fully saturated rings. The smallest absolute Gasteiger partial charge is 0.319 e. The maximum absolute atomic E-state index is 14.3. The van der Waals surface area contributed by atoms with Gasteiger partial charge < -0.3 is 19.0 Å². The predicted octanol–water partition coefficient (Wildman–Crippen LogP) is 2.80. The van der Waals surface area contributed by atoms with Gasteiger partial charge in [0, 0.05) is 24.9 Å². The fourth-order valence-corrected chi connectivity index (χ4v) is 3.98. The summed E-state index contributed by atoms with van der Waals surface area (Å²) in [5.41, 5.74) is 3.35. The molecule has 0 spiro atoms. The molecular weight excluding hydrogens is 415 g/mol. The maximum Gasteiger partial charge on any atom is 0.319 e. The summed E-state index contributed by atoms with van der Waals surface area (Å²) in [6.07, 6.45) is 5.66. The van der Waals surface area contributed by atoms with Gasteiger partial charge in [-0.05, 0) is 30.3 Å². The summed E-state index contributed by atoms with van der Waals surface area (Å²) in [5.74, 6) is 0.575. The van der Waals surface area contributed by atoms with Crippen molar-refractivity contribution >= 4 is 11.5 Å². The molecule has 160 valence electrons. The second-order valence-electron chi connectivity index (χ2n) is 7.34. The third kappa shape index (κ3) is 2.89. The molecule has 5 aromatic heterocycles. The number of methoxy groups -OCH3 is 1. The first kappa shape index (κ1) is 18.5. The van der Waals surface area contributed by atoms with Crippen molar-refractivity contribution in [2.24, 2.45) is 0 Å². The van der Waals surface area contributed by atoms with Crippen molar-refractivity contribution < 1.29 is 13.5 Å². The van der Waals surface area contributed by atoms with Crippen molar-refractivity contribution in [3.8, 4) is 17.3 Å². The Bertz CT molecular complexity index is 1410. The zero-order valence-electron chi connectivity index (χ0n) is 16.9. The molecule has 1 aliphatic rings. The van der Waals surface area contributed by atoms with E-state index in [0.29, 0.717) is 41.6 Å². The minimum Gasteiger partial charge on any atom is -0.495 e. The Morgan fingerprint density at radius 2 is 2.16 bits per heavy atom. The highest BCUT2D eigenvalue weighted by Gasteiger charge is 2.36. The number of pyridine rings is 2. The van der Waals surface area contributed by atoms with E-state index in [4.69, 9.17) is 9.15 Å². The molecule has 1 atom stereocenters. The molecule has 0 amide bonds. The molecule has 1 N–H and O–H groups in total. The predicted molar refractivity (Wildman–Crippen MR) is 111 cm³/mol. The molecule has 11 heteroatoms. The number of imidazole rings is 1. The largest absolute Gasteiger partial charge is 0.495 e. The van der Waals surface area contributed by atoms with E-state index < -0.39 is 6.04 Å². The summed E-state index contributed by atoms with van der Waals surface area (Å²) in [7, 11) is 1.58. The SMILES string of the molecule is COc1ccc(-c2nnc(N3CCc4[nH]cnc4[C@@H]3c3cc4c(F)cccn4n3)o2)nc1. The van der Waals surface area contributed by atoms with Gasteiger partial charge in [0.1, 0.15) is 28.8 Å². The number of nitrogens with zero attached hydrogens (tertiary/aromatic N) is 7. The van der Waals surface area contributed by atoms with Crippen LogP contribution in [-0.2, 0) is 6.42 Å². The highest BCUT2D eigenvalue weighted by Crippen LogP contribution is 2.37. The molecule has 32 heavy (non-hydrogen) atoms. The lowest BCUT2D eigenvalue weighted by molar-refractivity contribution is 0.413. The molecule has 0 saturated heterocycles. The average molecular weight is 432 g/mol. The number of hydrogen-bond donors (Lipinski definition) is 1. The Morgan fingerprint density at radius 1 is 1.22 bits per heavy atom. The van der Waals surface area contributed by atoms with Crippen molar-refractivity contribution in [2.75, 3.05) is 18.6 Å². The van der Waals surface area contributed by atoms with Crippen LogP contribution in [0, 0.1) is 5.82 Å². The maximum atomic E-state index is 14.3. The standard InChI is InChI=1S/C21H17FN8O2/c1-31-12-4-5-15(23-10-12)20-26-27-21(32-20)29-8-6-14-18(25-11-24-14)19(29)16-9-17-13(22)3-2-7-30(17)28-16/h2-5,7,9-11,19H,6,8H2,1H3,(H,24,25)/t19-/m0/s1. The number of aromatic nitrogens is 7. The molecule has 1 aliphatic heterocycles. The number of fused-ring (bicyclic) bond motifs is 2. The van der Waals surface area contributed by atoms with Gasteiger partial charge in [0.2, 0.25) is 0 Å². The summed E-state index contributed by atoms with van der Waals surface area (Å²) in [6, 6.07) is 8.17. The van der Waals surface area contributed by atoms with Gasteiger partial charge in [-0.2, -0.15) is 5.10 Å². The molecule has 6 rings (SSSR count). The Hall–Kier alpha value is -4.28. The van der Waals surface area contributed by atoms with Gasteiger partial charge in [0.05, 0.1) is 31.0 Å². The zero-order chi connectivity index (χ0) is 21.7. The molecule has 0 unspecified atom stereocenters. The molecule has 0 radical (unpaired) electrons. The number of anilines is 1. The Kier molecular flexibility index (Phi) is 4.13. The van der Waals surface area contributed by atoms with E-state index in [2.05, 4.69) is 30.2 Å². The van der Waals surface area contributed by atoms with Crippen LogP contribution < -0.4 is 9.64 Å². The number of halogens is 1. The fourth-order valence-electron chi connectivity index (χ4n) is 3.98. The first-order chi connectivity index (χ1) is 15.7. The summed E-state index contributed by atoms with van der Waals surface area (Å²) in [6.45, 7) is 0.591. The van der Waals surface area contributed by atoms with E-state index in [9.17, 15) is 4.39 Å². The van der Waals surface area contributed by atoms with Crippen molar-refractivity contribution in [2.45, 2.75) is 12.5 Å². The van der Waals surface area contributed by atoms with Crippen LogP contribution in [0.3, 0.4) is 0 Å². The first-order valence-corrected chi connectivity index (χ1v) is 9.98. The summed E-state index contributed by atoms with van der Waals surface area (Å²) in [5, 5.41) is 13.0. The van der Waals surface area contributed by atoms with E-state index in [-0.39, 0.29) is 11.7 Å². The van der Waals surface area contributed by atoms with Crippen LogP contribution in [0.15, 0.2) is 53.5 Å². The lowest BCUT2D eigenvalue weighted by Crippen LogP contribution is -2.36. The third-order valence-corrected chi connectivity index (χ3v) is 5.53. The lowest BCUT2D eigenvalue weighted by Gasteiger charge is -2.32. The molecule has 0 aliphatic carbocycles. The van der Waals surface area contributed by atoms with Gasteiger partial charge in [0.25, 0.3) is 5.89 Å². The summed E-state index contributed by atoms with van der Waals surface area (Å²) in [4.78, 5) is 13.9. The molecule has 6 heterocycles. The van der Waals surface area contributed by atoms with Crippen LogP contribution in [0.2, 0.25) is 0 Å². The highest BCUT2D eigenvalue weighted by atomic mass is 19.1. The van der Waals surface area contributed by atoms with Gasteiger partial charge in [-0.25, -0.2) is 18.9 Å². The Labute approximate surface area is 180 Å². The number of ether oxygens (including phenoxy) is 1. The normalized spacial score (nSPS) is 15.8. The van der Waals surface area contributed by atoms with Gasteiger partial charge in [-0.3, -0.25) is 0 Å². The Balaban J connectivity index is 1.42. The molecule has 0 saturated carbocycles. The lowest BCUT2D eigenvalue weighted by atomic mass is 10.0. The molecule has 0 aromatic carbocycles. The average Bonchev–Trinajstić information content (AvgIpc) is 3.57. The van der Waals surface area contributed by atoms with Crippen LogP contribution >= 0.6 is 0 Å². The van der Waals surface area contributed by atoms with Gasteiger partial charge in [0.15, 0.2) is 0 Å². The number of nitrogens with one attached hydrogen (secondary N) is 1. The molecule has 0 bridgehead atoms. The third-order valence-electron chi connectivity index (χ3n) is 5.53. The van der Waals surface area contributed by atoms with E-state index in [1.54, 1.807) is 50.1 Å². The van der Waals surface area contributed by atoms with Crippen molar-refractivity contribution in [1.29, 1.82) is 0 Å². The van der Waals surface area contributed by atoms with Crippen LogP contribution in [0.5, 0.6) is 5.75 Å². The minimum atomic E-state index is -0.415. The first-order valence-electron chi connectivity index (χ1n) is 9.98. The number of hydrogen-bond acceptors (Lipinski definition) is 8. The van der Waals surface area contributed by atoms with E-state index in [0.717, 1.165) is 11.4 Å². The highest BCUT2D eigenvalue weighted by molar-refractivity contribution is 5.54. The Morgan fingerprint density at radius 3 is 2.97 bits per heavy atom. The topological polar surface area (TPSA) is 110 Å². The van der Waals surface area contributed by atoms with Crippen LogP contribution in [-0.4, -0.2) is 48.4 Å². The van der Waals surface area contributed by atoms with Crippen LogP contribution in [0.25, 0.3) is 17.1 Å². The summed E-state index contributed by atoms with van der Waals surface area (Å²) < 4.78 is 27.0. The monoisotopic (exact) mass is 432 g/mol. The molecule has 10 nitrogen and oxygen atoms in total.